The molecule has 1 saturated heterocycles. The van der Waals surface area contributed by atoms with Gasteiger partial charge in [-0.25, -0.2) is 17.6 Å². The largest absolute Gasteiger partial charge is 0.490 e. The molecule has 2 aliphatic carbocycles. The van der Waals surface area contributed by atoms with Crippen molar-refractivity contribution in [3.05, 3.63) is 29.6 Å². The quantitative estimate of drug-likeness (QED) is 0.444. The van der Waals surface area contributed by atoms with Crippen molar-refractivity contribution in [3.8, 4) is 5.75 Å². The van der Waals surface area contributed by atoms with Crippen molar-refractivity contribution in [2.45, 2.75) is 69.6 Å². The number of halogens is 1. The van der Waals surface area contributed by atoms with E-state index in [0.717, 1.165) is 31.2 Å². The normalized spacial score (nSPS) is 20.4. The van der Waals surface area contributed by atoms with Crippen LogP contribution in [-0.4, -0.2) is 56.5 Å². The Hall–Kier alpha value is -2.16. The number of rotatable bonds is 12. The molecule has 1 aromatic carbocycles. The van der Waals surface area contributed by atoms with Crippen LogP contribution >= 0.6 is 0 Å². The summed E-state index contributed by atoms with van der Waals surface area (Å²) < 4.78 is 45.8. The molecule has 0 bridgehead atoms. The summed E-state index contributed by atoms with van der Waals surface area (Å²) in [5.74, 6) is 0.236. The number of unbranched alkanes of at least 4 members (excludes halogenated alkanes) is 2. The molecule has 7 nitrogen and oxygen atoms in total. The zero-order valence-corrected chi connectivity index (χ0v) is 20.5. The molecule has 1 heterocycles. The third-order valence-corrected chi connectivity index (χ3v) is 9.27. The Labute approximate surface area is 201 Å². The van der Waals surface area contributed by atoms with E-state index in [1.54, 1.807) is 17.0 Å². The molecule has 0 radical (unpaired) electrons. The highest BCUT2D eigenvalue weighted by atomic mass is 32.2. The van der Waals surface area contributed by atoms with Gasteiger partial charge in [0.15, 0.2) is 21.4 Å². The third-order valence-electron chi connectivity index (χ3n) is 7.37. The van der Waals surface area contributed by atoms with Crippen LogP contribution in [-0.2, 0) is 20.0 Å². The minimum absolute atomic E-state index is 0.0737. The fourth-order valence-corrected chi connectivity index (χ4v) is 7.19. The first kappa shape index (κ1) is 24.9. The van der Waals surface area contributed by atoms with Gasteiger partial charge in [-0.2, -0.15) is 0 Å². The van der Waals surface area contributed by atoms with Crippen molar-refractivity contribution >= 4 is 21.8 Å². The summed E-state index contributed by atoms with van der Waals surface area (Å²) in [6.07, 6.45) is 8.43. The van der Waals surface area contributed by atoms with Crippen LogP contribution in [0.4, 0.5) is 9.18 Å². The molecule has 34 heavy (non-hydrogen) atoms. The monoisotopic (exact) mass is 494 g/mol. The zero-order valence-electron chi connectivity index (χ0n) is 19.7. The number of hydrogen-bond donors (Lipinski definition) is 1. The Morgan fingerprint density at radius 3 is 2.59 bits per heavy atom. The minimum Gasteiger partial charge on any atom is -0.490 e. The molecule has 0 unspecified atom stereocenters. The highest BCUT2D eigenvalue weighted by molar-refractivity contribution is 7.91. The second kappa shape index (κ2) is 10.6. The molecule has 9 heteroatoms. The number of sulfone groups is 1. The van der Waals surface area contributed by atoms with Crippen molar-refractivity contribution in [2.75, 3.05) is 31.2 Å². The van der Waals surface area contributed by atoms with E-state index < -0.39 is 21.1 Å². The van der Waals surface area contributed by atoms with Gasteiger partial charge in [0.2, 0.25) is 5.91 Å². The highest BCUT2D eigenvalue weighted by Gasteiger charge is 2.47. The van der Waals surface area contributed by atoms with Gasteiger partial charge in [-0.3, -0.25) is 10.1 Å². The molecule has 188 valence electrons. The van der Waals surface area contributed by atoms with Gasteiger partial charge in [0.1, 0.15) is 0 Å². The molecule has 3 fully saturated rings. The van der Waals surface area contributed by atoms with Crippen LogP contribution in [0.15, 0.2) is 18.2 Å². The Morgan fingerprint density at radius 2 is 1.88 bits per heavy atom. The fourth-order valence-electron chi connectivity index (χ4n) is 5.10. The van der Waals surface area contributed by atoms with E-state index in [4.69, 9.17) is 4.74 Å². The first-order valence-electron chi connectivity index (χ1n) is 12.5. The number of benzene rings is 1. The van der Waals surface area contributed by atoms with E-state index >= 15 is 0 Å². The van der Waals surface area contributed by atoms with Crippen molar-refractivity contribution < 1.29 is 27.1 Å². The Kier molecular flexibility index (Phi) is 7.80. The minimum atomic E-state index is -3.27. The van der Waals surface area contributed by atoms with Gasteiger partial charge in [0, 0.05) is 24.9 Å². The van der Waals surface area contributed by atoms with Gasteiger partial charge >= 0.3 is 6.03 Å². The van der Waals surface area contributed by atoms with Crippen LogP contribution in [0.3, 0.4) is 0 Å². The number of nitrogens with zero attached hydrogens (tertiary/aromatic N) is 1. The average molecular weight is 495 g/mol. The number of carbonyl (C=O) groups is 2. The second-order valence-electron chi connectivity index (χ2n) is 10.1. The van der Waals surface area contributed by atoms with Crippen molar-refractivity contribution in [3.63, 3.8) is 0 Å². The number of nitrogens with one attached hydrogen (secondary N) is 1. The Bertz CT molecular complexity index is 1000. The highest BCUT2D eigenvalue weighted by Crippen LogP contribution is 2.50. The van der Waals surface area contributed by atoms with Crippen LogP contribution < -0.4 is 10.1 Å². The number of hydrogen-bond acceptors (Lipinski definition) is 5. The van der Waals surface area contributed by atoms with Gasteiger partial charge in [-0.1, -0.05) is 25.3 Å². The van der Waals surface area contributed by atoms with E-state index in [2.05, 4.69) is 5.32 Å². The smallest absolute Gasteiger partial charge is 0.324 e. The molecule has 0 spiro atoms. The number of amides is 3. The van der Waals surface area contributed by atoms with Crippen molar-refractivity contribution in [1.29, 1.82) is 0 Å². The maximum absolute atomic E-state index is 14.3. The summed E-state index contributed by atoms with van der Waals surface area (Å²) in [7, 11) is -3.27. The summed E-state index contributed by atoms with van der Waals surface area (Å²) in [5.41, 5.74) is 0.417. The molecule has 2 saturated carbocycles. The standard InChI is InChI=1S/C25H35FN2O5S/c26-21-9-8-20(16-22(21)33-17-19-6-2-3-7-19)25(11-12-25)18-34(31,32)15-5-1-4-13-28-14-10-23(29)27-24(28)30/h8-9,16,19H,1-7,10-15,17-18H2,(H,27,29,30). The molecule has 1 aromatic rings. The second-order valence-corrected chi connectivity index (χ2v) is 12.3. The molecule has 3 aliphatic rings. The van der Waals surface area contributed by atoms with E-state index in [9.17, 15) is 22.4 Å². The lowest BCUT2D eigenvalue weighted by molar-refractivity contribution is -0.121. The molecule has 0 aromatic heterocycles. The average Bonchev–Trinajstić information content (AvgIpc) is 3.35. The number of ether oxygens (including phenoxy) is 1. The van der Waals surface area contributed by atoms with Crippen LogP contribution in [0, 0.1) is 11.7 Å². The number of urea groups is 1. The molecule has 0 atom stereocenters. The number of carbonyl (C=O) groups excluding carboxylic acids is 2. The molecule has 1 N–H and O–H groups in total. The van der Waals surface area contributed by atoms with Gasteiger partial charge in [0.05, 0.1) is 18.1 Å². The van der Waals surface area contributed by atoms with Crippen LogP contribution in [0.2, 0.25) is 0 Å². The molecular weight excluding hydrogens is 459 g/mol. The zero-order chi connectivity index (χ0) is 24.2. The van der Waals surface area contributed by atoms with Gasteiger partial charge < -0.3 is 9.64 Å². The van der Waals surface area contributed by atoms with Gasteiger partial charge in [0.25, 0.3) is 0 Å². The first-order chi connectivity index (χ1) is 16.3. The van der Waals surface area contributed by atoms with Gasteiger partial charge in [-0.15, -0.1) is 0 Å². The lowest BCUT2D eigenvalue weighted by atomic mass is 9.98. The summed E-state index contributed by atoms with van der Waals surface area (Å²) in [5, 5.41) is 2.29. The SMILES string of the molecule is O=C1CCN(CCCCCS(=O)(=O)CC2(c3ccc(F)c(OCC4CCCC4)c3)CC2)C(=O)N1. The van der Waals surface area contributed by atoms with Crippen LogP contribution in [0.1, 0.15) is 69.8 Å². The van der Waals surface area contributed by atoms with Crippen molar-refractivity contribution in [2.24, 2.45) is 5.92 Å². The molecular formula is C25H35FN2O5S. The summed E-state index contributed by atoms with van der Waals surface area (Å²) in [6.45, 7) is 1.44. The Morgan fingerprint density at radius 1 is 1.12 bits per heavy atom. The molecule has 4 rings (SSSR count). The van der Waals surface area contributed by atoms with E-state index in [1.165, 1.54) is 18.9 Å². The van der Waals surface area contributed by atoms with Crippen LogP contribution in [0.5, 0.6) is 5.75 Å². The lowest BCUT2D eigenvalue weighted by Crippen LogP contribution is -2.49. The Balaban J connectivity index is 1.25. The topological polar surface area (TPSA) is 92.8 Å². The summed E-state index contributed by atoms with van der Waals surface area (Å²) in [4.78, 5) is 24.5. The maximum atomic E-state index is 14.3. The number of imide groups is 1. The van der Waals surface area contributed by atoms with Crippen LogP contribution in [0.25, 0.3) is 0 Å². The predicted molar refractivity (Wildman–Crippen MR) is 127 cm³/mol. The molecule has 1 aliphatic heterocycles. The van der Waals surface area contributed by atoms with E-state index in [-0.39, 0.29) is 29.2 Å². The molecule has 3 amide bonds. The fraction of sp³-hybridized carbons (Fsp3) is 0.680. The summed E-state index contributed by atoms with van der Waals surface area (Å²) >= 11 is 0. The van der Waals surface area contributed by atoms with Crippen molar-refractivity contribution in [1.82, 2.24) is 10.2 Å². The third kappa shape index (κ3) is 6.49. The van der Waals surface area contributed by atoms with E-state index in [1.807, 2.05) is 0 Å². The predicted octanol–water partition coefficient (Wildman–Crippen LogP) is 3.95. The first-order valence-corrected chi connectivity index (χ1v) is 14.3. The lowest BCUT2D eigenvalue weighted by Gasteiger charge is -2.26. The van der Waals surface area contributed by atoms with E-state index in [0.29, 0.717) is 51.3 Å². The van der Waals surface area contributed by atoms with Gasteiger partial charge in [-0.05, 0) is 62.1 Å². The summed E-state index contributed by atoms with van der Waals surface area (Å²) in [6, 6.07) is 4.44. The maximum Gasteiger partial charge on any atom is 0.324 e.